The molecule has 0 fully saturated rings. The second kappa shape index (κ2) is 3.23. The van der Waals surface area contributed by atoms with E-state index in [0.717, 1.165) is 4.40 Å². The van der Waals surface area contributed by atoms with Crippen molar-refractivity contribution in [3.8, 4) is 5.88 Å². The van der Waals surface area contributed by atoms with E-state index in [9.17, 15) is 14.7 Å². The third kappa shape index (κ3) is 1.26. The third-order valence-electron chi connectivity index (χ3n) is 2.04. The number of aromatic nitrogens is 2. The predicted octanol–water partition coefficient (Wildman–Crippen LogP) is 0.436. The summed E-state index contributed by atoms with van der Waals surface area (Å²) in [6, 6.07) is 4.01. The van der Waals surface area contributed by atoms with E-state index in [2.05, 4.69) is 4.98 Å². The van der Waals surface area contributed by atoms with Gasteiger partial charge in [-0.3, -0.25) is 4.40 Å². The molecule has 0 bridgehead atoms. The van der Waals surface area contributed by atoms with Crippen molar-refractivity contribution < 1.29 is 24.9 Å². The fraction of sp³-hybridized carbons (Fsp3) is 0. The average molecular weight is 222 g/mol. The quantitative estimate of drug-likeness (QED) is 0.679. The number of rotatable bonds is 2. The Hall–Kier alpha value is -2.57. The standard InChI is InChI=1S/C9H6N2O5/c12-5-3-1-2-4-6(8(13)14)10-7(9(15)16)11(4)5/h1-3,12H,(H,13,14)(H,15,16). The van der Waals surface area contributed by atoms with Crippen molar-refractivity contribution >= 4 is 17.5 Å². The summed E-state index contributed by atoms with van der Waals surface area (Å²) < 4.78 is 0.867. The smallest absolute Gasteiger partial charge is 0.372 e. The van der Waals surface area contributed by atoms with Crippen LogP contribution in [0.2, 0.25) is 0 Å². The number of imidazole rings is 1. The molecule has 0 radical (unpaired) electrons. The number of carbonyl (C=O) groups is 2. The fourth-order valence-corrected chi connectivity index (χ4v) is 1.42. The number of fused-ring (bicyclic) bond motifs is 1. The number of hydrogen-bond donors (Lipinski definition) is 3. The lowest BCUT2D eigenvalue weighted by Crippen LogP contribution is -2.04. The average Bonchev–Trinajstić information content (AvgIpc) is 2.58. The number of carboxylic acids is 2. The molecule has 0 atom stereocenters. The molecule has 0 aromatic carbocycles. The first-order valence-corrected chi connectivity index (χ1v) is 4.19. The topological polar surface area (TPSA) is 112 Å². The van der Waals surface area contributed by atoms with Crippen LogP contribution in [0, 0.1) is 0 Å². The van der Waals surface area contributed by atoms with Gasteiger partial charge in [0, 0.05) is 0 Å². The van der Waals surface area contributed by atoms with Crippen LogP contribution in [0.5, 0.6) is 5.88 Å². The molecule has 0 aliphatic heterocycles. The van der Waals surface area contributed by atoms with Gasteiger partial charge in [-0.1, -0.05) is 6.07 Å². The third-order valence-corrected chi connectivity index (χ3v) is 2.04. The van der Waals surface area contributed by atoms with Crippen LogP contribution in [0.3, 0.4) is 0 Å². The van der Waals surface area contributed by atoms with Crippen LogP contribution in [0.25, 0.3) is 5.52 Å². The summed E-state index contributed by atoms with van der Waals surface area (Å²) in [5.41, 5.74) is -0.377. The summed E-state index contributed by atoms with van der Waals surface area (Å²) in [4.78, 5) is 25.1. The van der Waals surface area contributed by atoms with Crippen molar-refractivity contribution in [3.05, 3.63) is 29.7 Å². The van der Waals surface area contributed by atoms with Gasteiger partial charge in [-0.05, 0) is 12.1 Å². The van der Waals surface area contributed by atoms with Gasteiger partial charge < -0.3 is 15.3 Å². The van der Waals surface area contributed by atoms with E-state index in [4.69, 9.17) is 10.2 Å². The van der Waals surface area contributed by atoms with Crippen LogP contribution in [-0.4, -0.2) is 36.6 Å². The SMILES string of the molecule is O=C(O)c1nc(C(=O)O)n2c(O)cccc12. The van der Waals surface area contributed by atoms with E-state index in [1.807, 2.05) is 0 Å². The van der Waals surface area contributed by atoms with Gasteiger partial charge in [-0.15, -0.1) is 0 Å². The van der Waals surface area contributed by atoms with Crippen LogP contribution >= 0.6 is 0 Å². The number of nitrogens with zero attached hydrogens (tertiary/aromatic N) is 2. The Labute approximate surface area is 88.2 Å². The molecular weight excluding hydrogens is 216 g/mol. The largest absolute Gasteiger partial charge is 0.494 e. The number of aromatic hydroxyl groups is 1. The maximum atomic E-state index is 10.8. The van der Waals surface area contributed by atoms with Gasteiger partial charge in [0.1, 0.15) is 0 Å². The highest BCUT2D eigenvalue weighted by molar-refractivity contribution is 5.97. The highest BCUT2D eigenvalue weighted by atomic mass is 16.4. The van der Waals surface area contributed by atoms with E-state index in [-0.39, 0.29) is 11.4 Å². The van der Waals surface area contributed by atoms with Crippen molar-refractivity contribution in [1.29, 1.82) is 0 Å². The highest BCUT2D eigenvalue weighted by Gasteiger charge is 2.22. The van der Waals surface area contributed by atoms with Crippen LogP contribution in [0.1, 0.15) is 21.1 Å². The molecule has 16 heavy (non-hydrogen) atoms. The van der Waals surface area contributed by atoms with Crippen molar-refractivity contribution in [3.63, 3.8) is 0 Å². The van der Waals surface area contributed by atoms with Gasteiger partial charge in [0.25, 0.3) is 0 Å². The number of hydrogen-bond acceptors (Lipinski definition) is 4. The second-order valence-corrected chi connectivity index (χ2v) is 3.00. The van der Waals surface area contributed by atoms with Gasteiger partial charge >= 0.3 is 11.9 Å². The summed E-state index contributed by atoms with van der Waals surface area (Å²) in [6.45, 7) is 0. The summed E-state index contributed by atoms with van der Waals surface area (Å²) in [7, 11) is 0. The minimum atomic E-state index is -1.41. The lowest BCUT2D eigenvalue weighted by Gasteiger charge is -1.99. The molecule has 0 saturated heterocycles. The molecule has 3 N–H and O–H groups in total. The Morgan fingerprint density at radius 3 is 2.44 bits per heavy atom. The van der Waals surface area contributed by atoms with E-state index in [1.54, 1.807) is 0 Å². The number of carboxylic acid groups (broad SMARTS) is 2. The number of aromatic carboxylic acids is 2. The lowest BCUT2D eigenvalue weighted by atomic mass is 10.3. The molecule has 0 unspecified atom stereocenters. The summed E-state index contributed by atoms with van der Waals surface area (Å²) in [5.74, 6) is -3.68. The maximum absolute atomic E-state index is 10.8. The highest BCUT2D eigenvalue weighted by Crippen LogP contribution is 2.19. The predicted molar refractivity (Wildman–Crippen MR) is 50.8 cm³/mol. The van der Waals surface area contributed by atoms with Crippen LogP contribution in [-0.2, 0) is 0 Å². The minimum absolute atomic E-state index is 0.0323. The normalized spacial score (nSPS) is 10.5. The van der Waals surface area contributed by atoms with Crippen molar-refractivity contribution in [2.45, 2.75) is 0 Å². The first-order chi connectivity index (χ1) is 7.52. The molecule has 82 valence electrons. The van der Waals surface area contributed by atoms with Crippen LogP contribution in [0.15, 0.2) is 18.2 Å². The van der Waals surface area contributed by atoms with Gasteiger partial charge in [0.2, 0.25) is 5.82 Å². The molecular formula is C9H6N2O5. The van der Waals surface area contributed by atoms with E-state index >= 15 is 0 Å². The molecule has 0 amide bonds. The van der Waals surface area contributed by atoms with Gasteiger partial charge in [0.05, 0.1) is 5.52 Å². The zero-order valence-corrected chi connectivity index (χ0v) is 7.78. The molecule has 0 spiro atoms. The lowest BCUT2D eigenvalue weighted by molar-refractivity contribution is 0.0681. The molecule has 7 heteroatoms. The minimum Gasteiger partial charge on any atom is -0.494 e. The maximum Gasteiger partial charge on any atom is 0.372 e. The fourth-order valence-electron chi connectivity index (χ4n) is 1.42. The molecule has 2 aromatic rings. The Bertz CT molecular complexity index is 601. The molecule has 7 nitrogen and oxygen atoms in total. The molecule has 0 aliphatic carbocycles. The Morgan fingerprint density at radius 2 is 1.88 bits per heavy atom. The summed E-state index contributed by atoms with van der Waals surface area (Å²) in [5, 5.41) is 27.1. The Kier molecular flexibility index (Phi) is 2.01. The summed E-state index contributed by atoms with van der Waals surface area (Å²) in [6.07, 6.45) is 0. The Balaban J connectivity index is 2.93. The van der Waals surface area contributed by atoms with Crippen LogP contribution < -0.4 is 0 Å². The monoisotopic (exact) mass is 222 g/mol. The molecule has 2 aromatic heterocycles. The zero-order valence-electron chi connectivity index (χ0n) is 7.78. The van der Waals surface area contributed by atoms with E-state index in [0.29, 0.717) is 0 Å². The summed E-state index contributed by atoms with van der Waals surface area (Å²) >= 11 is 0. The van der Waals surface area contributed by atoms with Crippen molar-refractivity contribution in [1.82, 2.24) is 9.38 Å². The van der Waals surface area contributed by atoms with Crippen LogP contribution in [0.4, 0.5) is 0 Å². The molecule has 2 heterocycles. The van der Waals surface area contributed by atoms with Gasteiger partial charge in [0.15, 0.2) is 11.6 Å². The first-order valence-electron chi connectivity index (χ1n) is 4.19. The number of pyridine rings is 1. The molecule has 0 saturated carbocycles. The zero-order chi connectivity index (χ0) is 11.9. The molecule has 0 aliphatic rings. The van der Waals surface area contributed by atoms with Gasteiger partial charge in [-0.25, -0.2) is 14.6 Å². The van der Waals surface area contributed by atoms with Gasteiger partial charge in [-0.2, -0.15) is 0 Å². The molecule has 2 rings (SSSR count). The van der Waals surface area contributed by atoms with E-state index in [1.165, 1.54) is 18.2 Å². The first kappa shape index (κ1) is 9.97. The second-order valence-electron chi connectivity index (χ2n) is 3.00. The Morgan fingerprint density at radius 1 is 1.19 bits per heavy atom. The van der Waals surface area contributed by atoms with E-state index < -0.39 is 23.5 Å². The van der Waals surface area contributed by atoms with Crippen molar-refractivity contribution in [2.24, 2.45) is 0 Å². The van der Waals surface area contributed by atoms with Crippen molar-refractivity contribution in [2.75, 3.05) is 0 Å².